The normalized spacial score (nSPS) is 23.1. The van der Waals surface area contributed by atoms with Gasteiger partial charge in [0, 0.05) is 43.6 Å². The van der Waals surface area contributed by atoms with Crippen LogP contribution in [0.1, 0.15) is 51.3 Å². The Balaban J connectivity index is 1.60. The number of amides is 1. The zero-order valence-electron chi connectivity index (χ0n) is 12.9. The number of nitrogens with zero attached hydrogens (tertiary/aromatic N) is 4. The minimum atomic E-state index is 0.148. The molecule has 0 spiro atoms. The Kier molecular flexibility index (Phi) is 4.42. The van der Waals surface area contributed by atoms with Crippen LogP contribution in [0.2, 0.25) is 0 Å². The molecule has 6 heteroatoms. The van der Waals surface area contributed by atoms with Gasteiger partial charge in [0.1, 0.15) is 5.82 Å². The molecule has 2 aliphatic heterocycles. The third-order valence-electron chi connectivity index (χ3n) is 4.42. The van der Waals surface area contributed by atoms with E-state index in [1.54, 1.807) is 0 Å². The number of rotatable bonds is 3. The first-order valence-corrected chi connectivity index (χ1v) is 8.80. The van der Waals surface area contributed by atoms with E-state index in [0.29, 0.717) is 11.8 Å². The van der Waals surface area contributed by atoms with Crippen LogP contribution in [-0.2, 0) is 4.79 Å². The van der Waals surface area contributed by atoms with Gasteiger partial charge >= 0.3 is 0 Å². The number of piperidine rings is 1. The lowest BCUT2D eigenvalue weighted by Crippen LogP contribution is -2.40. The molecule has 0 aliphatic carbocycles. The molecule has 0 bridgehead atoms. The van der Waals surface area contributed by atoms with Crippen LogP contribution in [0, 0.1) is 5.92 Å². The smallest absolute Gasteiger partial charge is 0.227 e. The van der Waals surface area contributed by atoms with Gasteiger partial charge in [0.2, 0.25) is 11.0 Å². The lowest BCUT2D eigenvalue weighted by Gasteiger charge is -2.29. The summed E-state index contributed by atoms with van der Waals surface area (Å²) in [6.45, 7) is 7.85. The number of hydrogen-bond donors (Lipinski definition) is 0. The highest BCUT2D eigenvalue weighted by Crippen LogP contribution is 2.28. The summed E-state index contributed by atoms with van der Waals surface area (Å²) in [5.74, 6) is 1.78. The van der Waals surface area contributed by atoms with Gasteiger partial charge in [0.25, 0.3) is 0 Å². The first-order chi connectivity index (χ1) is 10.1. The summed E-state index contributed by atoms with van der Waals surface area (Å²) in [7, 11) is 0. The van der Waals surface area contributed by atoms with Gasteiger partial charge in [0.15, 0.2) is 0 Å². The van der Waals surface area contributed by atoms with Crippen LogP contribution in [0.5, 0.6) is 0 Å². The van der Waals surface area contributed by atoms with Gasteiger partial charge < -0.3 is 9.80 Å². The molecule has 0 saturated carbocycles. The molecule has 0 radical (unpaired) electrons. The minimum absolute atomic E-state index is 0.148. The molecule has 116 valence electrons. The second-order valence-electron chi connectivity index (χ2n) is 6.41. The predicted octanol–water partition coefficient (Wildman–Crippen LogP) is 2.50. The molecule has 0 aromatic carbocycles. The van der Waals surface area contributed by atoms with Gasteiger partial charge in [-0.2, -0.15) is 4.37 Å². The van der Waals surface area contributed by atoms with E-state index in [4.69, 9.17) is 0 Å². The van der Waals surface area contributed by atoms with E-state index in [2.05, 4.69) is 33.0 Å². The topological polar surface area (TPSA) is 49.3 Å². The van der Waals surface area contributed by atoms with Gasteiger partial charge in [-0.3, -0.25) is 4.79 Å². The maximum absolute atomic E-state index is 12.6. The van der Waals surface area contributed by atoms with E-state index >= 15 is 0 Å². The third kappa shape index (κ3) is 3.20. The SMILES string of the molecule is CC(C)c1nsc(N2CCC(C(=O)N3CCCCC3)C2)n1. The standard InChI is InChI=1S/C15H24N4OS/c1-11(2)13-16-15(21-17-13)19-9-6-12(10-19)14(20)18-7-4-3-5-8-18/h11-12H,3-10H2,1-2H3. The Hall–Kier alpha value is -1.17. The van der Waals surface area contributed by atoms with Crippen molar-refractivity contribution in [3.63, 3.8) is 0 Å². The first-order valence-electron chi connectivity index (χ1n) is 8.02. The Morgan fingerprint density at radius 1 is 1.24 bits per heavy atom. The van der Waals surface area contributed by atoms with Crippen molar-refractivity contribution < 1.29 is 4.79 Å². The van der Waals surface area contributed by atoms with E-state index in [-0.39, 0.29) is 5.92 Å². The molecule has 1 aromatic rings. The molecule has 1 unspecified atom stereocenters. The van der Waals surface area contributed by atoms with Crippen LogP contribution in [0.4, 0.5) is 5.13 Å². The van der Waals surface area contributed by atoms with E-state index in [0.717, 1.165) is 56.4 Å². The summed E-state index contributed by atoms with van der Waals surface area (Å²) in [6.07, 6.45) is 4.54. The quantitative estimate of drug-likeness (QED) is 0.861. The van der Waals surface area contributed by atoms with Gasteiger partial charge in [-0.1, -0.05) is 13.8 Å². The molecule has 2 saturated heterocycles. The second-order valence-corrected chi connectivity index (χ2v) is 7.14. The van der Waals surface area contributed by atoms with Gasteiger partial charge in [-0.05, 0) is 25.7 Å². The van der Waals surface area contributed by atoms with E-state index < -0.39 is 0 Å². The fourth-order valence-corrected chi connectivity index (χ4v) is 3.94. The highest BCUT2D eigenvalue weighted by atomic mass is 32.1. The van der Waals surface area contributed by atoms with Crippen LogP contribution < -0.4 is 4.90 Å². The van der Waals surface area contributed by atoms with Gasteiger partial charge in [-0.25, -0.2) is 4.98 Å². The molecule has 3 rings (SSSR count). The van der Waals surface area contributed by atoms with Crippen LogP contribution in [-0.4, -0.2) is 46.3 Å². The second kappa shape index (κ2) is 6.30. The van der Waals surface area contributed by atoms with Crippen LogP contribution >= 0.6 is 11.5 Å². The van der Waals surface area contributed by atoms with Crippen LogP contribution in [0.25, 0.3) is 0 Å². The highest BCUT2D eigenvalue weighted by Gasteiger charge is 2.33. The first kappa shape index (κ1) is 14.8. The number of carbonyl (C=O) groups is 1. The van der Waals surface area contributed by atoms with Crippen molar-refractivity contribution in [1.82, 2.24) is 14.3 Å². The Labute approximate surface area is 130 Å². The Morgan fingerprint density at radius 2 is 2.00 bits per heavy atom. The molecule has 1 amide bonds. The number of aromatic nitrogens is 2. The molecule has 3 heterocycles. The fourth-order valence-electron chi connectivity index (χ4n) is 3.10. The summed E-state index contributed by atoms with van der Waals surface area (Å²) in [5.41, 5.74) is 0. The summed E-state index contributed by atoms with van der Waals surface area (Å²) >= 11 is 1.46. The lowest BCUT2D eigenvalue weighted by atomic mass is 10.0. The molecule has 21 heavy (non-hydrogen) atoms. The van der Waals surface area contributed by atoms with Crippen molar-refractivity contribution >= 4 is 22.6 Å². The Bertz CT molecular complexity index is 496. The summed E-state index contributed by atoms with van der Waals surface area (Å²) in [6, 6.07) is 0. The van der Waals surface area contributed by atoms with Crippen molar-refractivity contribution in [3.05, 3.63) is 5.82 Å². The van der Waals surface area contributed by atoms with Crippen molar-refractivity contribution in [2.75, 3.05) is 31.1 Å². The van der Waals surface area contributed by atoms with E-state index in [9.17, 15) is 4.79 Å². The van der Waals surface area contributed by atoms with Crippen LogP contribution in [0.3, 0.4) is 0 Å². The largest absolute Gasteiger partial charge is 0.346 e. The predicted molar refractivity (Wildman–Crippen MR) is 84.7 cm³/mol. The lowest BCUT2D eigenvalue weighted by molar-refractivity contribution is -0.135. The van der Waals surface area contributed by atoms with Crippen molar-refractivity contribution in [2.45, 2.75) is 45.4 Å². The summed E-state index contributed by atoms with van der Waals surface area (Å²) < 4.78 is 4.41. The monoisotopic (exact) mass is 308 g/mol. The average Bonchev–Trinajstić information content (AvgIpc) is 3.16. The molecule has 5 nitrogen and oxygen atoms in total. The third-order valence-corrected chi connectivity index (χ3v) is 5.21. The van der Waals surface area contributed by atoms with E-state index in [1.165, 1.54) is 18.0 Å². The van der Waals surface area contributed by atoms with Crippen molar-refractivity contribution in [2.24, 2.45) is 5.92 Å². The fraction of sp³-hybridized carbons (Fsp3) is 0.800. The van der Waals surface area contributed by atoms with Gasteiger partial charge in [0.05, 0.1) is 5.92 Å². The molecule has 2 aliphatic rings. The molecule has 0 N–H and O–H groups in total. The summed E-state index contributed by atoms with van der Waals surface area (Å²) in [5, 5.41) is 0.979. The number of hydrogen-bond acceptors (Lipinski definition) is 5. The number of anilines is 1. The average molecular weight is 308 g/mol. The molecule has 1 aromatic heterocycles. The van der Waals surface area contributed by atoms with Crippen molar-refractivity contribution in [1.29, 1.82) is 0 Å². The zero-order chi connectivity index (χ0) is 14.8. The number of likely N-dealkylation sites (tertiary alicyclic amines) is 1. The Morgan fingerprint density at radius 3 is 2.67 bits per heavy atom. The maximum Gasteiger partial charge on any atom is 0.227 e. The maximum atomic E-state index is 12.6. The van der Waals surface area contributed by atoms with E-state index in [1.807, 2.05) is 0 Å². The van der Waals surface area contributed by atoms with Gasteiger partial charge in [-0.15, -0.1) is 0 Å². The molecule has 2 fully saturated rings. The summed E-state index contributed by atoms with van der Waals surface area (Å²) in [4.78, 5) is 21.5. The van der Waals surface area contributed by atoms with Crippen LogP contribution in [0.15, 0.2) is 0 Å². The zero-order valence-corrected chi connectivity index (χ0v) is 13.7. The molecular weight excluding hydrogens is 284 g/mol. The molecule has 1 atom stereocenters. The minimum Gasteiger partial charge on any atom is -0.346 e. The molecular formula is C15H24N4OS. The number of carbonyl (C=O) groups excluding carboxylic acids is 1. The highest BCUT2D eigenvalue weighted by molar-refractivity contribution is 7.09. The van der Waals surface area contributed by atoms with Crippen molar-refractivity contribution in [3.8, 4) is 0 Å².